The van der Waals surface area contributed by atoms with E-state index in [9.17, 15) is 4.79 Å². The van der Waals surface area contributed by atoms with Crippen molar-refractivity contribution in [3.05, 3.63) is 18.0 Å². The molecule has 0 saturated carbocycles. The number of rotatable bonds is 7. The molecule has 0 radical (unpaired) electrons. The minimum absolute atomic E-state index is 0.319. The number of nitrogens with zero attached hydrogens (tertiary/aromatic N) is 3. The first-order valence-electron chi connectivity index (χ1n) is 6.48. The summed E-state index contributed by atoms with van der Waals surface area (Å²) in [5.74, 6) is 0.207. The fraction of sp³-hybridized carbons (Fsp3) is 0.615. The van der Waals surface area contributed by atoms with Gasteiger partial charge in [-0.25, -0.2) is 14.8 Å². The lowest BCUT2D eigenvalue weighted by atomic mass is 10.3. The standard InChI is InChI=1S/C13H21N3O2/c1-4-9-16(10-5-2)13-14-8-7-11(15-13)12(17)18-6-3/h7-8H,4-6,9-10H2,1-3H3. The number of carbonyl (C=O) groups is 1. The smallest absolute Gasteiger partial charge is 0.357 e. The van der Waals surface area contributed by atoms with Crippen molar-refractivity contribution in [3.8, 4) is 0 Å². The summed E-state index contributed by atoms with van der Waals surface area (Å²) in [5, 5.41) is 0. The van der Waals surface area contributed by atoms with Crippen LogP contribution >= 0.6 is 0 Å². The predicted octanol–water partition coefficient (Wildman–Crippen LogP) is 2.28. The normalized spacial score (nSPS) is 10.2. The van der Waals surface area contributed by atoms with Gasteiger partial charge in [0, 0.05) is 19.3 Å². The topological polar surface area (TPSA) is 55.3 Å². The minimum atomic E-state index is -0.394. The molecule has 0 bridgehead atoms. The summed E-state index contributed by atoms with van der Waals surface area (Å²) in [7, 11) is 0. The Morgan fingerprint density at radius 3 is 2.50 bits per heavy atom. The molecule has 0 unspecified atom stereocenters. The Morgan fingerprint density at radius 1 is 1.28 bits per heavy atom. The molecule has 0 atom stereocenters. The van der Waals surface area contributed by atoms with Gasteiger partial charge in [-0.2, -0.15) is 0 Å². The van der Waals surface area contributed by atoms with Crippen molar-refractivity contribution in [1.82, 2.24) is 9.97 Å². The summed E-state index contributed by atoms with van der Waals surface area (Å²) in [6.45, 7) is 8.13. The number of esters is 1. The van der Waals surface area contributed by atoms with E-state index in [1.165, 1.54) is 0 Å². The zero-order valence-corrected chi connectivity index (χ0v) is 11.3. The molecule has 0 aliphatic rings. The zero-order valence-electron chi connectivity index (χ0n) is 11.3. The highest BCUT2D eigenvalue weighted by atomic mass is 16.5. The highest BCUT2D eigenvalue weighted by Crippen LogP contribution is 2.09. The summed E-state index contributed by atoms with van der Waals surface area (Å²) in [5.41, 5.74) is 0.319. The van der Waals surface area contributed by atoms with Crippen LogP contribution in [0.15, 0.2) is 12.3 Å². The SMILES string of the molecule is CCCN(CCC)c1nccc(C(=O)OCC)n1. The summed E-state index contributed by atoms with van der Waals surface area (Å²) in [6.07, 6.45) is 3.65. The van der Waals surface area contributed by atoms with Gasteiger partial charge in [-0.15, -0.1) is 0 Å². The second kappa shape index (κ2) is 7.63. The summed E-state index contributed by atoms with van der Waals surface area (Å²) in [4.78, 5) is 22.2. The van der Waals surface area contributed by atoms with Crippen molar-refractivity contribution in [1.29, 1.82) is 0 Å². The second-order valence-electron chi connectivity index (χ2n) is 3.95. The molecule has 0 N–H and O–H groups in total. The van der Waals surface area contributed by atoms with Gasteiger partial charge in [0.1, 0.15) is 0 Å². The first-order valence-corrected chi connectivity index (χ1v) is 6.48. The highest BCUT2D eigenvalue weighted by Gasteiger charge is 2.13. The second-order valence-corrected chi connectivity index (χ2v) is 3.95. The minimum Gasteiger partial charge on any atom is -0.461 e. The van der Waals surface area contributed by atoms with Gasteiger partial charge in [0.25, 0.3) is 0 Å². The molecule has 5 heteroatoms. The van der Waals surface area contributed by atoms with E-state index in [0.29, 0.717) is 18.2 Å². The van der Waals surface area contributed by atoms with Gasteiger partial charge in [0.2, 0.25) is 5.95 Å². The van der Waals surface area contributed by atoms with Crippen LogP contribution in [0.3, 0.4) is 0 Å². The summed E-state index contributed by atoms with van der Waals surface area (Å²) >= 11 is 0. The molecule has 0 amide bonds. The molecule has 0 aliphatic heterocycles. The Labute approximate surface area is 108 Å². The molecule has 0 aromatic carbocycles. The van der Waals surface area contributed by atoms with Crippen LogP contribution in [0, 0.1) is 0 Å². The van der Waals surface area contributed by atoms with Gasteiger partial charge in [-0.3, -0.25) is 0 Å². The van der Waals surface area contributed by atoms with E-state index < -0.39 is 5.97 Å². The molecule has 18 heavy (non-hydrogen) atoms. The Morgan fingerprint density at radius 2 is 1.94 bits per heavy atom. The molecule has 1 rings (SSSR count). The highest BCUT2D eigenvalue weighted by molar-refractivity contribution is 5.87. The predicted molar refractivity (Wildman–Crippen MR) is 70.8 cm³/mol. The Kier molecular flexibility index (Phi) is 6.11. The molecule has 100 valence electrons. The number of hydrogen-bond donors (Lipinski definition) is 0. The number of hydrogen-bond acceptors (Lipinski definition) is 5. The largest absolute Gasteiger partial charge is 0.461 e. The molecule has 0 aliphatic carbocycles. The van der Waals surface area contributed by atoms with Crippen LogP contribution in [0.1, 0.15) is 44.1 Å². The fourth-order valence-corrected chi connectivity index (χ4v) is 1.67. The molecule has 5 nitrogen and oxygen atoms in total. The van der Waals surface area contributed by atoms with Crippen LogP contribution in [-0.4, -0.2) is 35.6 Å². The molecule has 0 fully saturated rings. The van der Waals surface area contributed by atoms with Crippen LogP contribution in [0.4, 0.5) is 5.95 Å². The van der Waals surface area contributed by atoms with Crippen molar-refractivity contribution in [3.63, 3.8) is 0 Å². The first kappa shape index (κ1) is 14.4. The maximum atomic E-state index is 11.6. The van der Waals surface area contributed by atoms with Crippen LogP contribution in [0.5, 0.6) is 0 Å². The fourth-order valence-electron chi connectivity index (χ4n) is 1.67. The third-order valence-electron chi connectivity index (χ3n) is 2.40. The van der Waals surface area contributed by atoms with Crippen LogP contribution in [-0.2, 0) is 4.74 Å². The van der Waals surface area contributed by atoms with Gasteiger partial charge in [-0.1, -0.05) is 13.8 Å². The lowest BCUT2D eigenvalue weighted by Gasteiger charge is -2.21. The van der Waals surface area contributed by atoms with E-state index in [-0.39, 0.29) is 0 Å². The molecular formula is C13H21N3O2. The van der Waals surface area contributed by atoms with E-state index in [2.05, 4.69) is 28.7 Å². The van der Waals surface area contributed by atoms with E-state index in [1.807, 2.05) is 0 Å². The van der Waals surface area contributed by atoms with Gasteiger partial charge < -0.3 is 9.64 Å². The van der Waals surface area contributed by atoms with Crippen molar-refractivity contribution >= 4 is 11.9 Å². The lowest BCUT2D eigenvalue weighted by Crippen LogP contribution is -2.27. The van der Waals surface area contributed by atoms with Gasteiger partial charge in [0.05, 0.1) is 6.61 Å². The number of ether oxygens (including phenoxy) is 1. The Hall–Kier alpha value is -1.65. The van der Waals surface area contributed by atoms with Gasteiger partial charge >= 0.3 is 5.97 Å². The van der Waals surface area contributed by atoms with Crippen LogP contribution in [0.25, 0.3) is 0 Å². The van der Waals surface area contributed by atoms with Crippen LogP contribution in [0.2, 0.25) is 0 Å². The van der Waals surface area contributed by atoms with Crippen molar-refractivity contribution in [2.75, 3.05) is 24.6 Å². The van der Waals surface area contributed by atoms with E-state index in [0.717, 1.165) is 25.9 Å². The maximum Gasteiger partial charge on any atom is 0.357 e. The Bertz CT molecular complexity index is 376. The van der Waals surface area contributed by atoms with E-state index >= 15 is 0 Å². The van der Waals surface area contributed by atoms with E-state index in [1.54, 1.807) is 19.2 Å². The number of aromatic nitrogens is 2. The number of carbonyl (C=O) groups excluding carboxylic acids is 1. The summed E-state index contributed by atoms with van der Waals surface area (Å²) < 4.78 is 4.93. The lowest BCUT2D eigenvalue weighted by molar-refractivity contribution is 0.0519. The molecule has 1 heterocycles. The van der Waals surface area contributed by atoms with Gasteiger partial charge in [-0.05, 0) is 25.8 Å². The quantitative estimate of drug-likeness (QED) is 0.696. The third-order valence-corrected chi connectivity index (χ3v) is 2.40. The van der Waals surface area contributed by atoms with Crippen molar-refractivity contribution < 1.29 is 9.53 Å². The average Bonchev–Trinajstić information content (AvgIpc) is 2.39. The van der Waals surface area contributed by atoms with Gasteiger partial charge in [0.15, 0.2) is 5.69 Å². The maximum absolute atomic E-state index is 11.6. The first-order chi connectivity index (χ1) is 8.72. The van der Waals surface area contributed by atoms with E-state index in [4.69, 9.17) is 4.74 Å². The third kappa shape index (κ3) is 3.98. The van der Waals surface area contributed by atoms with Crippen molar-refractivity contribution in [2.45, 2.75) is 33.6 Å². The molecule has 0 saturated heterocycles. The molecular weight excluding hydrogens is 230 g/mol. The number of anilines is 1. The average molecular weight is 251 g/mol. The van der Waals surface area contributed by atoms with Crippen molar-refractivity contribution in [2.24, 2.45) is 0 Å². The Balaban J connectivity index is 2.87. The monoisotopic (exact) mass is 251 g/mol. The van der Waals surface area contributed by atoms with Crippen LogP contribution < -0.4 is 4.90 Å². The zero-order chi connectivity index (χ0) is 13.4. The summed E-state index contributed by atoms with van der Waals surface area (Å²) in [6, 6.07) is 1.58. The molecule has 1 aromatic heterocycles. The molecule has 1 aromatic rings. The molecule has 0 spiro atoms.